The summed E-state index contributed by atoms with van der Waals surface area (Å²) in [4.78, 5) is 23.2. The maximum absolute atomic E-state index is 13.1. The first-order valence-electron chi connectivity index (χ1n) is 9.07. The number of benzene rings is 2. The predicted molar refractivity (Wildman–Crippen MR) is 108 cm³/mol. The minimum Gasteiger partial charge on any atom is -0.495 e. The molecule has 1 N–H and O–H groups in total. The molecule has 1 aliphatic heterocycles. The number of anilines is 1. The molecule has 1 heterocycles. The molecule has 1 amide bonds. The SMILES string of the molecule is COc1ccc(C(=O)Nc2cccc([N+](=O)[O-])c2C)cc1S(=O)(=O)N1CCOCC1. The number of nitrogens with zero attached hydrogens (tertiary/aromatic N) is 2. The first kappa shape index (κ1) is 21.7. The molecule has 160 valence electrons. The van der Waals surface area contributed by atoms with Crippen molar-refractivity contribution in [1.29, 1.82) is 0 Å². The lowest BCUT2D eigenvalue weighted by atomic mass is 10.1. The van der Waals surface area contributed by atoms with E-state index < -0.39 is 20.9 Å². The van der Waals surface area contributed by atoms with E-state index in [1.54, 1.807) is 0 Å². The zero-order chi connectivity index (χ0) is 21.9. The van der Waals surface area contributed by atoms with Gasteiger partial charge in [-0.3, -0.25) is 14.9 Å². The van der Waals surface area contributed by atoms with Gasteiger partial charge in [0.2, 0.25) is 10.0 Å². The number of amides is 1. The topological polar surface area (TPSA) is 128 Å². The van der Waals surface area contributed by atoms with Crippen LogP contribution in [0.25, 0.3) is 0 Å². The number of rotatable bonds is 6. The molecule has 0 spiro atoms. The van der Waals surface area contributed by atoms with Crippen LogP contribution in [0.4, 0.5) is 11.4 Å². The number of nitro benzene ring substituents is 1. The van der Waals surface area contributed by atoms with Crippen LogP contribution in [0.15, 0.2) is 41.3 Å². The number of carbonyl (C=O) groups excluding carboxylic acids is 1. The summed E-state index contributed by atoms with van der Waals surface area (Å²) in [7, 11) is -2.55. The van der Waals surface area contributed by atoms with E-state index in [1.807, 2.05) is 0 Å². The van der Waals surface area contributed by atoms with Crippen LogP contribution in [0, 0.1) is 17.0 Å². The lowest BCUT2D eigenvalue weighted by Crippen LogP contribution is -2.40. The van der Waals surface area contributed by atoms with Crippen molar-refractivity contribution in [1.82, 2.24) is 4.31 Å². The van der Waals surface area contributed by atoms with Crippen molar-refractivity contribution in [2.75, 3.05) is 38.7 Å². The number of carbonyl (C=O) groups is 1. The second-order valence-corrected chi connectivity index (χ2v) is 8.45. The molecule has 30 heavy (non-hydrogen) atoms. The van der Waals surface area contributed by atoms with Gasteiger partial charge in [-0.25, -0.2) is 8.42 Å². The van der Waals surface area contributed by atoms with E-state index in [9.17, 15) is 23.3 Å². The van der Waals surface area contributed by atoms with Crippen molar-refractivity contribution in [3.63, 3.8) is 0 Å². The Bertz CT molecular complexity index is 1080. The zero-order valence-electron chi connectivity index (χ0n) is 16.5. The standard InChI is InChI=1S/C19H21N3O7S/c1-13-15(4-3-5-16(13)22(24)25)20-19(23)14-6-7-17(28-2)18(12-14)30(26,27)21-8-10-29-11-9-21/h3-7,12H,8-11H2,1-2H3,(H,20,23). The molecule has 11 heteroatoms. The number of hydrogen-bond acceptors (Lipinski definition) is 7. The van der Waals surface area contributed by atoms with Crippen LogP contribution in [-0.2, 0) is 14.8 Å². The van der Waals surface area contributed by atoms with Crippen molar-refractivity contribution in [3.8, 4) is 5.75 Å². The highest BCUT2D eigenvalue weighted by Crippen LogP contribution is 2.30. The summed E-state index contributed by atoms with van der Waals surface area (Å²) in [5, 5.41) is 13.7. The second kappa shape index (κ2) is 8.78. The molecule has 1 saturated heterocycles. The smallest absolute Gasteiger partial charge is 0.274 e. The van der Waals surface area contributed by atoms with Gasteiger partial charge in [0.1, 0.15) is 10.6 Å². The summed E-state index contributed by atoms with van der Waals surface area (Å²) in [6, 6.07) is 8.41. The number of nitro groups is 1. The molecule has 2 aromatic carbocycles. The van der Waals surface area contributed by atoms with Crippen LogP contribution in [0.5, 0.6) is 5.75 Å². The van der Waals surface area contributed by atoms with Gasteiger partial charge in [0.05, 0.1) is 36.5 Å². The van der Waals surface area contributed by atoms with Crippen molar-refractivity contribution >= 4 is 27.3 Å². The molecular weight excluding hydrogens is 414 g/mol. The van der Waals surface area contributed by atoms with Gasteiger partial charge >= 0.3 is 0 Å². The van der Waals surface area contributed by atoms with Crippen LogP contribution in [0.1, 0.15) is 15.9 Å². The number of ether oxygens (including phenoxy) is 2. The Morgan fingerprint density at radius 2 is 1.93 bits per heavy atom. The Morgan fingerprint density at radius 1 is 1.23 bits per heavy atom. The summed E-state index contributed by atoms with van der Waals surface area (Å²) in [6.07, 6.45) is 0. The average molecular weight is 435 g/mol. The van der Waals surface area contributed by atoms with Gasteiger partial charge in [0, 0.05) is 24.7 Å². The molecular formula is C19H21N3O7S. The third-order valence-corrected chi connectivity index (χ3v) is 6.68. The molecule has 0 saturated carbocycles. The van der Waals surface area contributed by atoms with Gasteiger partial charge in [0.15, 0.2) is 0 Å². The summed E-state index contributed by atoms with van der Waals surface area (Å²) >= 11 is 0. The van der Waals surface area contributed by atoms with E-state index in [-0.39, 0.29) is 53.9 Å². The Balaban J connectivity index is 1.94. The monoisotopic (exact) mass is 435 g/mol. The molecule has 3 rings (SSSR count). The number of methoxy groups -OCH3 is 1. The van der Waals surface area contributed by atoms with E-state index >= 15 is 0 Å². The summed E-state index contributed by atoms with van der Waals surface area (Å²) < 4.78 is 37.8. The van der Waals surface area contributed by atoms with Gasteiger partial charge < -0.3 is 14.8 Å². The van der Waals surface area contributed by atoms with E-state index in [1.165, 1.54) is 54.7 Å². The molecule has 1 aliphatic rings. The molecule has 10 nitrogen and oxygen atoms in total. The minimum atomic E-state index is -3.90. The van der Waals surface area contributed by atoms with Crippen LogP contribution in [0.3, 0.4) is 0 Å². The molecule has 1 fully saturated rings. The number of morpholine rings is 1. The van der Waals surface area contributed by atoms with E-state index in [0.717, 1.165) is 0 Å². The molecule has 0 aromatic heterocycles. The molecule has 0 unspecified atom stereocenters. The highest BCUT2D eigenvalue weighted by Gasteiger charge is 2.30. The Hall–Kier alpha value is -3.02. The summed E-state index contributed by atoms with van der Waals surface area (Å²) in [5.74, 6) is -0.482. The van der Waals surface area contributed by atoms with Crippen molar-refractivity contribution < 1.29 is 27.6 Å². The second-order valence-electron chi connectivity index (χ2n) is 6.54. The predicted octanol–water partition coefficient (Wildman–Crippen LogP) is 2.19. The fourth-order valence-electron chi connectivity index (χ4n) is 3.10. The summed E-state index contributed by atoms with van der Waals surface area (Å²) in [5.41, 5.74) is 0.514. The summed E-state index contributed by atoms with van der Waals surface area (Å²) in [6.45, 7) is 2.50. The maximum atomic E-state index is 13.1. The largest absolute Gasteiger partial charge is 0.495 e. The molecule has 0 aliphatic carbocycles. The Labute approximate surface area is 173 Å². The van der Waals surface area contributed by atoms with Gasteiger partial charge in [-0.15, -0.1) is 0 Å². The first-order valence-corrected chi connectivity index (χ1v) is 10.5. The molecule has 0 bridgehead atoms. The van der Waals surface area contributed by atoms with Crippen molar-refractivity contribution in [3.05, 3.63) is 57.6 Å². The third-order valence-electron chi connectivity index (χ3n) is 4.76. The molecule has 0 radical (unpaired) electrons. The van der Waals surface area contributed by atoms with Crippen LogP contribution >= 0.6 is 0 Å². The van der Waals surface area contributed by atoms with Gasteiger partial charge in [-0.2, -0.15) is 4.31 Å². The Morgan fingerprint density at radius 3 is 2.57 bits per heavy atom. The Kier molecular flexibility index (Phi) is 6.34. The van der Waals surface area contributed by atoms with Crippen LogP contribution in [0.2, 0.25) is 0 Å². The van der Waals surface area contributed by atoms with Gasteiger partial charge in [-0.1, -0.05) is 6.07 Å². The lowest BCUT2D eigenvalue weighted by Gasteiger charge is -2.26. The number of hydrogen-bond donors (Lipinski definition) is 1. The highest BCUT2D eigenvalue weighted by molar-refractivity contribution is 7.89. The first-order chi connectivity index (χ1) is 14.3. The van der Waals surface area contributed by atoms with Crippen LogP contribution < -0.4 is 10.1 Å². The normalized spacial score (nSPS) is 14.9. The van der Waals surface area contributed by atoms with E-state index in [4.69, 9.17) is 9.47 Å². The van der Waals surface area contributed by atoms with Crippen LogP contribution in [-0.4, -0.2) is 57.0 Å². The van der Waals surface area contributed by atoms with Crippen molar-refractivity contribution in [2.45, 2.75) is 11.8 Å². The average Bonchev–Trinajstić information content (AvgIpc) is 2.75. The van der Waals surface area contributed by atoms with Crippen molar-refractivity contribution in [2.24, 2.45) is 0 Å². The number of sulfonamides is 1. The van der Waals surface area contributed by atoms with E-state index in [0.29, 0.717) is 5.56 Å². The lowest BCUT2D eigenvalue weighted by molar-refractivity contribution is -0.385. The minimum absolute atomic E-state index is 0.0774. The maximum Gasteiger partial charge on any atom is 0.274 e. The molecule has 0 atom stereocenters. The number of nitrogens with one attached hydrogen (secondary N) is 1. The zero-order valence-corrected chi connectivity index (χ0v) is 17.3. The van der Waals surface area contributed by atoms with E-state index in [2.05, 4.69) is 5.32 Å². The quantitative estimate of drug-likeness (QED) is 0.544. The third kappa shape index (κ3) is 4.27. The fourth-order valence-corrected chi connectivity index (χ4v) is 4.69. The van der Waals surface area contributed by atoms with Gasteiger partial charge in [0.25, 0.3) is 11.6 Å². The fraction of sp³-hybridized carbons (Fsp3) is 0.316. The highest BCUT2D eigenvalue weighted by atomic mass is 32.2. The molecule has 2 aromatic rings. The van der Waals surface area contributed by atoms with Gasteiger partial charge in [-0.05, 0) is 31.2 Å².